The van der Waals surface area contributed by atoms with Crippen molar-refractivity contribution in [2.45, 2.75) is 82.8 Å². The zero-order valence-electron chi connectivity index (χ0n) is 22.6. The Labute approximate surface area is 235 Å². The Bertz CT molecular complexity index is 1310. The molecule has 1 saturated carbocycles. The first kappa shape index (κ1) is 31.5. The van der Waals surface area contributed by atoms with Gasteiger partial charge in [-0.25, -0.2) is 4.79 Å². The number of hydrogen-bond donors (Lipinski definition) is 0. The van der Waals surface area contributed by atoms with Gasteiger partial charge in [0.05, 0.1) is 28.4 Å². The van der Waals surface area contributed by atoms with E-state index in [0.29, 0.717) is 25.0 Å². The van der Waals surface area contributed by atoms with Gasteiger partial charge in [-0.3, -0.25) is 9.69 Å². The summed E-state index contributed by atoms with van der Waals surface area (Å²) in [6, 6.07) is 1.60. The third-order valence-electron chi connectivity index (χ3n) is 7.07. The van der Waals surface area contributed by atoms with Crippen molar-refractivity contribution in [3.8, 4) is 0 Å². The van der Waals surface area contributed by atoms with Gasteiger partial charge in [0.2, 0.25) is 6.41 Å². The van der Waals surface area contributed by atoms with Crippen LogP contribution in [0.1, 0.15) is 73.9 Å². The minimum absolute atomic E-state index is 0.0114. The lowest BCUT2D eigenvalue weighted by atomic mass is 9.86. The molecule has 4 rings (SSSR count). The monoisotopic (exact) mass is 610 g/mol. The maximum atomic E-state index is 13.7. The van der Waals surface area contributed by atoms with Crippen molar-refractivity contribution in [1.82, 2.24) is 4.90 Å². The standard InChI is InChI=1S/C28H27F9N2O3/c1-25(2,3)42-24(41)39-21-7-6-17(26(29,30)31)11-20(21)23(12-22(39)16-4-5-16)38(14-40)13-15-8-18(27(32,33)34)10-19(9-15)28(35,36)37/h6-11,14,16,22-23H,4-5,12-13H2,1-3H3/t22-,23-/m0/s1. The van der Waals surface area contributed by atoms with Crippen LogP contribution in [0.25, 0.3) is 0 Å². The van der Waals surface area contributed by atoms with Gasteiger partial charge in [0.25, 0.3) is 0 Å². The number of carbonyl (C=O) groups excluding carboxylic acids is 2. The number of amides is 2. The fourth-order valence-corrected chi connectivity index (χ4v) is 5.14. The van der Waals surface area contributed by atoms with Crippen molar-refractivity contribution in [2.24, 2.45) is 5.92 Å². The van der Waals surface area contributed by atoms with Crippen LogP contribution in [0.15, 0.2) is 36.4 Å². The maximum Gasteiger partial charge on any atom is 0.416 e. The van der Waals surface area contributed by atoms with E-state index in [1.54, 1.807) is 20.8 Å². The molecule has 2 aromatic carbocycles. The fourth-order valence-electron chi connectivity index (χ4n) is 5.14. The summed E-state index contributed by atoms with van der Waals surface area (Å²) >= 11 is 0. The molecule has 0 aromatic heterocycles. The average molecular weight is 611 g/mol. The number of anilines is 1. The van der Waals surface area contributed by atoms with Crippen LogP contribution in [-0.2, 0) is 34.6 Å². The number of nitrogens with zero attached hydrogens (tertiary/aromatic N) is 2. The normalized spacial score (nSPS) is 19.8. The van der Waals surface area contributed by atoms with Crippen molar-refractivity contribution in [3.63, 3.8) is 0 Å². The molecule has 230 valence electrons. The largest absolute Gasteiger partial charge is 0.443 e. The van der Waals surface area contributed by atoms with E-state index in [2.05, 4.69) is 0 Å². The molecule has 0 radical (unpaired) electrons. The number of alkyl halides is 9. The summed E-state index contributed by atoms with van der Waals surface area (Å²) in [5, 5.41) is 0. The van der Waals surface area contributed by atoms with Gasteiger partial charge in [0, 0.05) is 12.6 Å². The topological polar surface area (TPSA) is 49.9 Å². The molecular formula is C28H27F9N2O3. The summed E-state index contributed by atoms with van der Waals surface area (Å²) in [5.41, 5.74) is -5.88. The minimum Gasteiger partial charge on any atom is -0.443 e. The first-order chi connectivity index (χ1) is 19.2. The van der Waals surface area contributed by atoms with E-state index in [-0.39, 0.29) is 36.1 Å². The maximum absolute atomic E-state index is 13.7. The summed E-state index contributed by atoms with van der Waals surface area (Å²) in [5.74, 6) is -0.102. The third kappa shape index (κ3) is 6.95. The van der Waals surface area contributed by atoms with Crippen molar-refractivity contribution >= 4 is 18.2 Å². The van der Waals surface area contributed by atoms with Crippen LogP contribution >= 0.6 is 0 Å². The molecule has 2 aromatic rings. The Morgan fingerprint density at radius 1 is 0.881 bits per heavy atom. The number of benzene rings is 2. The van der Waals surface area contributed by atoms with E-state index in [9.17, 15) is 49.1 Å². The van der Waals surface area contributed by atoms with Gasteiger partial charge >= 0.3 is 24.6 Å². The first-order valence-electron chi connectivity index (χ1n) is 12.9. The van der Waals surface area contributed by atoms with Gasteiger partial charge in [-0.1, -0.05) is 0 Å². The Kier molecular flexibility index (Phi) is 8.00. The zero-order chi connectivity index (χ0) is 31.4. The van der Waals surface area contributed by atoms with Crippen LogP contribution in [0.5, 0.6) is 0 Å². The molecule has 2 aliphatic rings. The van der Waals surface area contributed by atoms with Crippen molar-refractivity contribution in [1.29, 1.82) is 0 Å². The number of halogens is 9. The van der Waals surface area contributed by atoms with Gasteiger partial charge in [-0.05, 0) is 93.5 Å². The van der Waals surface area contributed by atoms with Crippen LogP contribution in [0, 0.1) is 5.92 Å². The summed E-state index contributed by atoms with van der Waals surface area (Å²) in [7, 11) is 0. The lowest BCUT2D eigenvalue weighted by Gasteiger charge is -2.44. The van der Waals surface area contributed by atoms with Crippen molar-refractivity contribution in [3.05, 3.63) is 64.2 Å². The van der Waals surface area contributed by atoms with E-state index >= 15 is 0 Å². The molecule has 0 unspecified atom stereocenters. The Hall–Kier alpha value is -3.45. The molecule has 1 fully saturated rings. The second kappa shape index (κ2) is 10.7. The van der Waals surface area contributed by atoms with E-state index < -0.39 is 71.1 Å². The van der Waals surface area contributed by atoms with E-state index in [1.165, 1.54) is 4.90 Å². The lowest BCUT2D eigenvalue weighted by molar-refractivity contribution is -0.143. The molecule has 0 N–H and O–H groups in total. The Balaban J connectivity index is 1.83. The first-order valence-corrected chi connectivity index (χ1v) is 12.9. The highest BCUT2D eigenvalue weighted by molar-refractivity contribution is 5.91. The summed E-state index contributed by atoms with van der Waals surface area (Å²) in [6.45, 7) is 4.06. The number of fused-ring (bicyclic) bond motifs is 1. The van der Waals surface area contributed by atoms with Gasteiger partial charge in [0.15, 0.2) is 0 Å². The summed E-state index contributed by atoms with van der Waals surface area (Å²) in [6.07, 6.45) is -14.5. The summed E-state index contributed by atoms with van der Waals surface area (Å²) in [4.78, 5) is 27.7. The van der Waals surface area contributed by atoms with Crippen LogP contribution in [0.3, 0.4) is 0 Å². The minimum atomic E-state index is -5.13. The molecule has 0 bridgehead atoms. The second-order valence-corrected chi connectivity index (χ2v) is 11.5. The highest BCUT2D eigenvalue weighted by atomic mass is 19.4. The van der Waals surface area contributed by atoms with E-state index in [4.69, 9.17) is 4.74 Å². The van der Waals surface area contributed by atoms with Crippen LogP contribution < -0.4 is 4.90 Å². The number of ether oxygens (including phenoxy) is 1. The predicted molar refractivity (Wildman–Crippen MR) is 132 cm³/mol. The van der Waals surface area contributed by atoms with Crippen LogP contribution in [0.4, 0.5) is 50.0 Å². The summed E-state index contributed by atoms with van der Waals surface area (Å²) < 4.78 is 127. The molecule has 1 heterocycles. The third-order valence-corrected chi connectivity index (χ3v) is 7.07. The van der Waals surface area contributed by atoms with Gasteiger partial charge in [-0.2, -0.15) is 39.5 Å². The van der Waals surface area contributed by atoms with Gasteiger partial charge in [-0.15, -0.1) is 0 Å². The van der Waals surface area contributed by atoms with Crippen LogP contribution in [0.2, 0.25) is 0 Å². The molecule has 0 spiro atoms. The molecule has 14 heteroatoms. The van der Waals surface area contributed by atoms with Gasteiger partial charge < -0.3 is 9.64 Å². The highest BCUT2D eigenvalue weighted by Crippen LogP contribution is 2.50. The lowest BCUT2D eigenvalue weighted by Crippen LogP contribution is -2.50. The molecule has 5 nitrogen and oxygen atoms in total. The van der Waals surface area contributed by atoms with Crippen LogP contribution in [-0.4, -0.2) is 29.0 Å². The zero-order valence-corrected chi connectivity index (χ0v) is 22.6. The molecule has 2 atom stereocenters. The predicted octanol–water partition coefficient (Wildman–Crippen LogP) is 8.37. The molecule has 0 saturated heterocycles. The number of carbonyl (C=O) groups is 2. The quantitative estimate of drug-likeness (QED) is 0.253. The average Bonchev–Trinajstić information content (AvgIpc) is 3.68. The number of rotatable bonds is 5. The molecule has 1 aliphatic carbocycles. The Morgan fingerprint density at radius 3 is 1.88 bits per heavy atom. The smallest absolute Gasteiger partial charge is 0.416 e. The fraction of sp³-hybridized carbons (Fsp3) is 0.500. The van der Waals surface area contributed by atoms with E-state index in [0.717, 1.165) is 23.1 Å². The van der Waals surface area contributed by atoms with Gasteiger partial charge in [0.1, 0.15) is 5.60 Å². The molecule has 1 aliphatic heterocycles. The number of hydrogen-bond acceptors (Lipinski definition) is 3. The molecular weight excluding hydrogens is 583 g/mol. The second-order valence-electron chi connectivity index (χ2n) is 11.5. The van der Waals surface area contributed by atoms with Crippen molar-refractivity contribution < 1.29 is 53.8 Å². The highest BCUT2D eigenvalue weighted by Gasteiger charge is 2.47. The Morgan fingerprint density at radius 2 is 1.43 bits per heavy atom. The molecule has 42 heavy (non-hydrogen) atoms. The van der Waals surface area contributed by atoms with Crippen molar-refractivity contribution in [2.75, 3.05) is 4.90 Å². The van der Waals surface area contributed by atoms with E-state index in [1.807, 2.05) is 0 Å². The molecule has 2 amide bonds. The SMILES string of the molecule is CC(C)(C)OC(=O)N1c2ccc(C(F)(F)F)cc2[C@@H](N(C=O)Cc2cc(C(F)(F)F)cc(C(F)(F)F)c2)C[C@H]1C1CC1.